The monoisotopic (exact) mass is 336 g/mol. The standard InChI is InChI=1S/C21H30F2O/c1-15-3-7-17(8-4-15)18-9-13-20(14-10-18)24-21(22,23)19-11-5-16(2)6-12-19/h5-6,11-12,15,17-18,20H,3-4,7-10,13-14H2,1-2H3. The van der Waals surface area contributed by atoms with E-state index in [0.717, 1.165) is 49.0 Å². The Hall–Kier alpha value is -0.960. The summed E-state index contributed by atoms with van der Waals surface area (Å²) < 4.78 is 33.9. The Kier molecular flexibility index (Phi) is 5.59. The van der Waals surface area contributed by atoms with Crippen LogP contribution in [-0.4, -0.2) is 6.10 Å². The fourth-order valence-electron chi connectivity index (χ4n) is 4.46. The molecule has 2 aliphatic rings. The van der Waals surface area contributed by atoms with Gasteiger partial charge in [-0.2, -0.15) is 8.78 Å². The van der Waals surface area contributed by atoms with Crippen LogP contribution in [0.5, 0.6) is 0 Å². The lowest BCUT2D eigenvalue weighted by atomic mass is 9.71. The normalized spacial score (nSPS) is 31.8. The van der Waals surface area contributed by atoms with Gasteiger partial charge in [0.25, 0.3) is 0 Å². The quantitative estimate of drug-likeness (QED) is 0.614. The molecular weight excluding hydrogens is 306 g/mol. The van der Waals surface area contributed by atoms with Crippen LogP contribution in [-0.2, 0) is 10.8 Å². The van der Waals surface area contributed by atoms with Gasteiger partial charge in [0, 0.05) is 0 Å². The second-order valence-corrected chi connectivity index (χ2v) is 8.06. The zero-order valence-electron chi connectivity index (χ0n) is 14.9. The van der Waals surface area contributed by atoms with Gasteiger partial charge in [0.1, 0.15) is 0 Å². The Morgan fingerprint density at radius 1 is 0.833 bits per heavy atom. The summed E-state index contributed by atoms with van der Waals surface area (Å²) in [6.07, 6.45) is 5.51. The van der Waals surface area contributed by atoms with Gasteiger partial charge in [-0.25, -0.2) is 0 Å². The van der Waals surface area contributed by atoms with Crippen LogP contribution in [0.25, 0.3) is 0 Å². The van der Waals surface area contributed by atoms with Crippen LogP contribution in [0.2, 0.25) is 0 Å². The highest BCUT2D eigenvalue weighted by atomic mass is 19.3. The first kappa shape index (κ1) is 17.8. The number of rotatable bonds is 4. The summed E-state index contributed by atoms with van der Waals surface area (Å²) in [6, 6.07) is 6.38. The minimum Gasteiger partial charge on any atom is -0.313 e. The largest absolute Gasteiger partial charge is 0.383 e. The molecule has 3 rings (SSSR count). The summed E-state index contributed by atoms with van der Waals surface area (Å²) >= 11 is 0. The maximum atomic E-state index is 14.3. The summed E-state index contributed by atoms with van der Waals surface area (Å²) in [4.78, 5) is 0. The van der Waals surface area contributed by atoms with E-state index >= 15 is 0 Å². The first-order valence-corrected chi connectivity index (χ1v) is 9.57. The Labute approximate surface area is 144 Å². The van der Waals surface area contributed by atoms with Crippen molar-refractivity contribution in [2.24, 2.45) is 17.8 Å². The Morgan fingerprint density at radius 3 is 1.88 bits per heavy atom. The van der Waals surface area contributed by atoms with E-state index in [1.165, 1.54) is 37.8 Å². The molecule has 0 unspecified atom stereocenters. The van der Waals surface area contributed by atoms with Crippen LogP contribution >= 0.6 is 0 Å². The number of ether oxygens (including phenoxy) is 1. The highest BCUT2D eigenvalue weighted by Crippen LogP contribution is 2.42. The minimum absolute atomic E-state index is 0.0310. The molecule has 1 aromatic carbocycles. The predicted octanol–water partition coefficient (Wildman–Crippen LogP) is 6.45. The molecule has 1 nitrogen and oxygen atoms in total. The Balaban J connectivity index is 1.50. The molecule has 2 saturated carbocycles. The van der Waals surface area contributed by atoms with Crippen molar-refractivity contribution in [1.29, 1.82) is 0 Å². The number of benzene rings is 1. The SMILES string of the molecule is Cc1ccc(C(F)(F)OC2CCC(C3CCC(C)CC3)CC2)cc1. The lowest BCUT2D eigenvalue weighted by molar-refractivity contribution is -0.278. The molecule has 0 saturated heterocycles. The summed E-state index contributed by atoms with van der Waals surface area (Å²) in [5.41, 5.74) is 0.952. The van der Waals surface area contributed by atoms with Gasteiger partial charge in [0.05, 0.1) is 11.7 Å². The number of aryl methyl sites for hydroxylation is 1. The molecule has 0 N–H and O–H groups in total. The Bertz CT molecular complexity index is 509. The molecule has 0 aliphatic heterocycles. The molecule has 2 aliphatic carbocycles. The van der Waals surface area contributed by atoms with Gasteiger partial charge < -0.3 is 4.74 Å². The highest BCUT2D eigenvalue weighted by Gasteiger charge is 2.38. The molecule has 2 fully saturated rings. The third kappa shape index (κ3) is 4.36. The van der Waals surface area contributed by atoms with Crippen LogP contribution in [0, 0.1) is 24.7 Å². The van der Waals surface area contributed by atoms with Gasteiger partial charge in [-0.05, 0) is 63.2 Å². The second-order valence-electron chi connectivity index (χ2n) is 8.06. The van der Waals surface area contributed by atoms with E-state index in [9.17, 15) is 8.78 Å². The van der Waals surface area contributed by atoms with Crippen LogP contribution in [0.15, 0.2) is 24.3 Å². The molecule has 0 atom stereocenters. The molecule has 3 heteroatoms. The summed E-state index contributed by atoms with van der Waals surface area (Å²) in [6.45, 7) is 4.24. The van der Waals surface area contributed by atoms with Crippen LogP contribution in [0.3, 0.4) is 0 Å². The van der Waals surface area contributed by atoms with Gasteiger partial charge in [-0.15, -0.1) is 0 Å². The highest BCUT2D eigenvalue weighted by molar-refractivity contribution is 5.23. The van der Waals surface area contributed by atoms with Crippen LogP contribution in [0.4, 0.5) is 8.78 Å². The van der Waals surface area contributed by atoms with Crippen molar-refractivity contribution in [3.8, 4) is 0 Å². The van der Waals surface area contributed by atoms with Crippen molar-refractivity contribution in [3.63, 3.8) is 0 Å². The van der Waals surface area contributed by atoms with Crippen molar-refractivity contribution in [3.05, 3.63) is 35.4 Å². The molecular formula is C21H30F2O. The third-order valence-electron chi connectivity index (χ3n) is 6.15. The summed E-state index contributed by atoms with van der Waals surface area (Å²) in [7, 11) is 0. The minimum atomic E-state index is -3.18. The molecule has 134 valence electrons. The average molecular weight is 336 g/mol. The maximum Gasteiger partial charge on any atom is 0.383 e. The average Bonchev–Trinajstić information content (AvgIpc) is 2.56. The van der Waals surface area contributed by atoms with E-state index in [1.54, 1.807) is 12.1 Å². The zero-order valence-corrected chi connectivity index (χ0v) is 14.9. The zero-order chi connectivity index (χ0) is 17.2. The second kappa shape index (κ2) is 7.51. The topological polar surface area (TPSA) is 9.23 Å². The van der Waals surface area contributed by atoms with Crippen molar-refractivity contribution in [1.82, 2.24) is 0 Å². The lowest BCUT2D eigenvalue weighted by Gasteiger charge is -2.37. The lowest BCUT2D eigenvalue weighted by Crippen LogP contribution is -2.32. The summed E-state index contributed by atoms with van der Waals surface area (Å²) in [5.74, 6) is 2.42. The number of hydrogen-bond acceptors (Lipinski definition) is 1. The molecule has 0 spiro atoms. The van der Waals surface area contributed by atoms with Crippen molar-refractivity contribution >= 4 is 0 Å². The van der Waals surface area contributed by atoms with Gasteiger partial charge in [0.2, 0.25) is 0 Å². The molecule has 0 aromatic heterocycles. The van der Waals surface area contributed by atoms with Gasteiger partial charge in [-0.1, -0.05) is 49.6 Å². The molecule has 24 heavy (non-hydrogen) atoms. The molecule has 0 heterocycles. The van der Waals surface area contributed by atoms with E-state index in [4.69, 9.17) is 4.74 Å². The smallest absolute Gasteiger partial charge is 0.313 e. The molecule has 1 aromatic rings. The van der Waals surface area contributed by atoms with Gasteiger partial charge in [0.15, 0.2) is 0 Å². The van der Waals surface area contributed by atoms with Crippen LogP contribution < -0.4 is 0 Å². The van der Waals surface area contributed by atoms with E-state index in [2.05, 4.69) is 6.92 Å². The fraction of sp³-hybridized carbons (Fsp3) is 0.714. The molecule has 0 bridgehead atoms. The first-order valence-electron chi connectivity index (χ1n) is 9.57. The Morgan fingerprint density at radius 2 is 1.33 bits per heavy atom. The maximum absolute atomic E-state index is 14.3. The van der Waals surface area contributed by atoms with Crippen molar-refractivity contribution < 1.29 is 13.5 Å². The fourth-order valence-corrected chi connectivity index (χ4v) is 4.46. The third-order valence-corrected chi connectivity index (χ3v) is 6.15. The van der Waals surface area contributed by atoms with Gasteiger partial charge >= 0.3 is 6.11 Å². The number of hydrogen-bond donors (Lipinski definition) is 0. The molecule has 0 amide bonds. The van der Waals surface area contributed by atoms with E-state index in [0.29, 0.717) is 0 Å². The number of alkyl halides is 2. The van der Waals surface area contributed by atoms with Gasteiger partial charge in [-0.3, -0.25) is 0 Å². The first-order chi connectivity index (χ1) is 11.4. The summed E-state index contributed by atoms with van der Waals surface area (Å²) in [5, 5.41) is 0. The van der Waals surface area contributed by atoms with E-state index < -0.39 is 6.11 Å². The predicted molar refractivity (Wildman–Crippen MR) is 93.0 cm³/mol. The number of halogens is 2. The van der Waals surface area contributed by atoms with Crippen LogP contribution in [0.1, 0.15) is 69.4 Å². The van der Waals surface area contributed by atoms with E-state index in [-0.39, 0.29) is 11.7 Å². The molecule has 0 radical (unpaired) electrons. The van der Waals surface area contributed by atoms with E-state index in [1.807, 2.05) is 6.92 Å². The van der Waals surface area contributed by atoms with Crippen molar-refractivity contribution in [2.45, 2.75) is 77.4 Å². The van der Waals surface area contributed by atoms with Crippen molar-refractivity contribution in [2.75, 3.05) is 0 Å².